The second kappa shape index (κ2) is 8.77. The highest BCUT2D eigenvalue weighted by molar-refractivity contribution is 5.36. The molecule has 3 rings (SSSR count). The highest BCUT2D eigenvalue weighted by atomic mass is 14.9. The highest BCUT2D eigenvalue weighted by Crippen LogP contribution is 2.94. The van der Waals surface area contributed by atoms with Crippen LogP contribution in [-0.4, -0.2) is 0 Å². The van der Waals surface area contributed by atoms with Crippen molar-refractivity contribution in [2.75, 3.05) is 0 Å². The fourth-order valence-electron chi connectivity index (χ4n) is 14.5. The minimum atomic E-state index is 0.205. The first-order valence-corrected chi connectivity index (χ1v) is 17.2. The van der Waals surface area contributed by atoms with E-state index < -0.39 is 0 Å². The van der Waals surface area contributed by atoms with Crippen LogP contribution in [0.5, 0.6) is 0 Å². The van der Waals surface area contributed by atoms with Crippen LogP contribution >= 0.6 is 0 Å². The molecule has 3 aliphatic carbocycles. The quantitative estimate of drug-likeness (QED) is 0.324. The number of hydrogen-bond acceptors (Lipinski definition) is 0. The van der Waals surface area contributed by atoms with Crippen LogP contribution in [0.25, 0.3) is 0 Å². The van der Waals surface area contributed by atoms with E-state index in [9.17, 15) is 0 Å². The van der Waals surface area contributed by atoms with E-state index in [4.69, 9.17) is 0 Å². The van der Waals surface area contributed by atoms with E-state index in [-0.39, 0.29) is 48.7 Å². The minimum absolute atomic E-state index is 0.205. The maximum absolute atomic E-state index is 2.84. The van der Waals surface area contributed by atoms with Crippen LogP contribution in [0.2, 0.25) is 0 Å². The summed E-state index contributed by atoms with van der Waals surface area (Å²) in [6.07, 6.45) is 2.65. The van der Waals surface area contributed by atoms with Crippen molar-refractivity contribution >= 4 is 0 Å². The molecule has 3 aliphatic rings. The van der Waals surface area contributed by atoms with Gasteiger partial charge in [-0.1, -0.05) is 145 Å². The van der Waals surface area contributed by atoms with Gasteiger partial charge in [0.2, 0.25) is 0 Å². The average molecular weight is 543 g/mol. The van der Waals surface area contributed by atoms with Crippen LogP contribution in [0.15, 0.2) is 0 Å². The smallest absolute Gasteiger partial charge is 0.0117 e. The molecule has 39 heavy (non-hydrogen) atoms. The van der Waals surface area contributed by atoms with Gasteiger partial charge in [-0.2, -0.15) is 0 Å². The van der Waals surface area contributed by atoms with Crippen molar-refractivity contribution < 1.29 is 0 Å². The second-order valence-electron chi connectivity index (χ2n) is 19.5. The zero-order valence-electron chi connectivity index (χ0n) is 31.0. The van der Waals surface area contributed by atoms with Crippen LogP contribution in [0.1, 0.15) is 158 Å². The van der Waals surface area contributed by atoms with Gasteiger partial charge in [-0.05, 0) is 103 Å². The lowest BCUT2D eigenvalue weighted by Gasteiger charge is -2.83. The molecule has 0 nitrogen and oxygen atoms in total. The summed E-state index contributed by atoms with van der Waals surface area (Å²) in [4.78, 5) is 0. The lowest BCUT2D eigenvalue weighted by Crippen LogP contribution is -2.78. The first kappa shape index (κ1) is 33.5. The molecule has 0 saturated heterocycles. The monoisotopic (exact) mass is 543 g/mol. The largest absolute Gasteiger partial charge is 0.0648 e. The molecular formula is C39H74. The Labute approximate surface area is 248 Å². The van der Waals surface area contributed by atoms with Crippen molar-refractivity contribution in [2.24, 2.45) is 90.2 Å². The van der Waals surface area contributed by atoms with E-state index in [1.165, 1.54) is 12.8 Å². The van der Waals surface area contributed by atoms with E-state index in [2.05, 4.69) is 145 Å². The topological polar surface area (TPSA) is 0 Å². The molecular weight excluding hydrogens is 468 g/mol. The van der Waals surface area contributed by atoms with Gasteiger partial charge in [0.1, 0.15) is 0 Å². The molecule has 0 amide bonds. The fraction of sp³-hybridized carbons (Fsp3) is 1.00. The Hall–Kier alpha value is 0. The Morgan fingerprint density at radius 1 is 0.667 bits per heavy atom. The summed E-state index contributed by atoms with van der Waals surface area (Å²) in [6.45, 7) is 55.9. The minimum Gasteiger partial charge on any atom is -0.0648 e. The van der Waals surface area contributed by atoms with Crippen LogP contribution < -0.4 is 0 Å². The predicted molar refractivity (Wildman–Crippen MR) is 175 cm³/mol. The molecule has 0 aromatic heterocycles. The third kappa shape index (κ3) is 3.01. The second-order valence-corrected chi connectivity index (χ2v) is 19.5. The third-order valence-corrected chi connectivity index (χ3v) is 18.7. The van der Waals surface area contributed by atoms with Gasteiger partial charge < -0.3 is 0 Å². The molecule has 0 aromatic carbocycles. The van der Waals surface area contributed by atoms with Crippen LogP contribution in [0.3, 0.4) is 0 Å². The van der Waals surface area contributed by atoms with Gasteiger partial charge in [-0.3, -0.25) is 0 Å². The molecule has 0 aromatic rings. The molecule has 3 fully saturated rings. The molecule has 0 bridgehead atoms. The number of rotatable bonds is 5. The zero-order chi connectivity index (χ0) is 31.0. The summed E-state index contributed by atoms with van der Waals surface area (Å²) in [5.74, 6) is 4.86. The Morgan fingerprint density at radius 3 is 1.49 bits per heavy atom. The first-order chi connectivity index (χ1) is 17.2. The Morgan fingerprint density at radius 2 is 1.13 bits per heavy atom. The SMILES string of the molecule is CCC(C)(C12[C@H](C)C[C@@]1(C(C)(C)C)C(C)(C(C)(C)C(C)C)[C@@H](C)[C@H]2C)[C@]1(C)[C@H](C)[C@H](C)[C@H](C)C(C)(C)C1(C)C. The van der Waals surface area contributed by atoms with Crippen molar-refractivity contribution in [3.05, 3.63) is 0 Å². The Kier molecular flexibility index (Phi) is 7.54. The van der Waals surface area contributed by atoms with Crippen LogP contribution in [0, 0.1) is 90.2 Å². The molecule has 0 heteroatoms. The average Bonchev–Trinajstić information content (AvgIpc) is 2.94. The van der Waals surface area contributed by atoms with Crippen molar-refractivity contribution in [1.29, 1.82) is 0 Å². The summed E-state index contributed by atoms with van der Waals surface area (Å²) in [6, 6.07) is 0. The van der Waals surface area contributed by atoms with Gasteiger partial charge in [0, 0.05) is 0 Å². The Bertz CT molecular complexity index is 942. The maximum Gasteiger partial charge on any atom is -0.0117 e. The number of hydrogen-bond donors (Lipinski definition) is 0. The molecule has 0 N–H and O–H groups in total. The van der Waals surface area contributed by atoms with Crippen molar-refractivity contribution in [3.8, 4) is 0 Å². The molecule has 11 atom stereocenters. The third-order valence-electron chi connectivity index (χ3n) is 18.7. The maximum atomic E-state index is 2.84. The molecule has 0 heterocycles. The lowest BCUT2D eigenvalue weighted by molar-refractivity contribution is -0.363. The van der Waals surface area contributed by atoms with Gasteiger partial charge in [0.25, 0.3) is 0 Å². The van der Waals surface area contributed by atoms with Gasteiger partial charge in [0.05, 0.1) is 0 Å². The molecule has 230 valence electrons. The van der Waals surface area contributed by atoms with Crippen molar-refractivity contribution in [3.63, 3.8) is 0 Å². The molecule has 0 radical (unpaired) electrons. The summed E-state index contributed by atoms with van der Waals surface area (Å²) in [5.41, 5.74) is 2.17. The van der Waals surface area contributed by atoms with Gasteiger partial charge >= 0.3 is 0 Å². The number of fused-ring (bicyclic) bond motifs is 1. The summed E-state index contributed by atoms with van der Waals surface area (Å²) in [5, 5.41) is 0. The van der Waals surface area contributed by atoms with Crippen LogP contribution in [0.4, 0.5) is 0 Å². The Balaban J connectivity index is 2.57. The standard InChI is InChI=1S/C39H74/c1-22-35(19,37(21)28(7)26(5)27(6)33(15,16)34(37,17)18)39-25(4)23-38(39,31(10,11)12)36(20,29(8)30(39)9)32(13,14)24(2)3/h24-30H,22-23H2,1-21H3/t25-,26-,27+,28-,29+,30-,35?,36?,37-,38-,39?/m1/s1. The van der Waals surface area contributed by atoms with Crippen LogP contribution in [-0.2, 0) is 0 Å². The first-order valence-electron chi connectivity index (χ1n) is 17.2. The predicted octanol–water partition coefficient (Wildman–Crippen LogP) is 12.4. The fourth-order valence-corrected chi connectivity index (χ4v) is 14.5. The van der Waals surface area contributed by atoms with Crippen molar-refractivity contribution in [2.45, 2.75) is 158 Å². The van der Waals surface area contributed by atoms with E-state index >= 15 is 0 Å². The summed E-state index contributed by atoms with van der Waals surface area (Å²) >= 11 is 0. The van der Waals surface area contributed by atoms with Gasteiger partial charge in [-0.25, -0.2) is 0 Å². The molecule has 3 saturated carbocycles. The van der Waals surface area contributed by atoms with Crippen molar-refractivity contribution in [1.82, 2.24) is 0 Å². The molecule has 0 aliphatic heterocycles. The van der Waals surface area contributed by atoms with E-state index in [1.807, 2.05) is 0 Å². The summed E-state index contributed by atoms with van der Waals surface area (Å²) in [7, 11) is 0. The normalized spacial score (nSPS) is 49.4. The summed E-state index contributed by atoms with van der Waals surface area (Å²) < 4.78 is 0. The van der Waals surface area contributed by atoms with Gasteiger partial charge in [0.15, 0.2) is 0 Å². The van der Waals surface area contributed by atoms with Gasteiger partial charge in [-0.15, -0.1) is 0 Å². The van der Waals surface area contributed by atoms with E-state index in [0.717, 1.165) is 5.92 Å². The van der Waals surface area contributed by atoms with E-state index in [0.29, 0.717) is 35.5 Å². The molecule has 3 unspecified atom stereocenters. The molecule has 0 spiro atoms. The van der Waals surface area contributed by atoms with E-state index in [1.54, 1.807) is 0 Å². The zero-order valence-corrected chi connectivity index (χ0v) is 31.0. The lowest BCUT2D eigenvalue weighted by atomic mass is 9.20. The highest BCUT2D eigenvalue weighted by Gasteiger charge is 2.89.